The fraction of sp³-hybridized carbons (Fsp3) is 0.500. The first kappa shape index (κ1) is 18.5. The number of halogens is 3. The first-order valence-corrected chi connectivity index (χ1v) is 7.42. The van der Waals surface area contributed by atoms with Gasteiger partial charge in [0.25, 0.3) is 0 Å². The van der Waals surface area contributed by atoms with Crippen LogP contribution in [0.2, 0.25) is 0 Å². The Morgan fingerprint density at radius 1 is 1.18 bits per heavy atom. The van der Waals surface area contributed by atoms with Crippen LogP contribution in [0, 0.1) is 6.57 Å². The minimum absolute atomic E-state index is 0.339. The zero-order valence-electron chi connectivity index (χ0n) is 12.6. The van der Waals surface area contributed by atoms with Crippen molar-refractivity contribution in [3.8, 4) is 5.75 Å². The highest BCUT2D eigenvalue weighted by molar-refractivity contribution is 7.84. The molecular formula is C14H17F3N2O2S. The van der Waals surface area contributed by atoms with Gasteiger partial charge < -0.3 is 4.74 Å². The average molecular weight is 334 g/mol. The Morgan fingerprint density at radius 3 is 2.00 bits per heavy atom. The largest absolute Gasteiger partial charge is 0.497 e. The van der Waals surface area contributed by atoms with E-state index in [0.29, 0.717) is 5.75 Å². The molecular weight excluding hydrogens is 317 g/mol. The normalized spacial score (nSPS) is 16.5. The number of nitrogens with one attached hydrogen (secondary N) is 1. The molecule has 0 unspecified atom stereocenters. The number of rotatable bonds is 4. The van der Waals surface area contributed by atoms with Crippen molar-refractivity contribution in [3.63, 3.8) is 0 Å². The highest BCUT2D eigenvalue weighted by atomic mass is 32.2. The van der Waals surface area contributed by atoms with E-state index in [0.717, 1.165) is 12.1 Å². The summed E-state index contributed by atoms with van der Waals surface area (Å²) in [5.41, 5.74) is -3.41. The number of nitrogens with zero attached hydrogens (tertiary/aromatic N) is 1. The van der Waals surface area contributed by atoms with E-state index in [1.165, 1.54) is 40.0 Å². The molecule has 0 spiro atoms. The van der Waals surface area contributed by atoms with Crippen molar-refractivity contribution in [2.24, 2.45) is 0 Å². The molecule has 1 rings (SSSR count). The summed E-state index contributed by atoms with van der Waals surface area (Å²) < 4.78 is 58.7. The van der Waals surface area contributed by atoms with E-state index in [1.807, 2.05) is 4.72 Å². The number of ether oxygens (including phenoxy) is 1. The van der Waals surface area contributed by atoms with Gasteiger partial charge in [0.05, 0.1) is 17.4 Å². The Balaban J connectivity index is 3.40. The maximum absolute atomic E-state index is 13.6. The third kappa shape index (κ3) is 3.59. The number of alkyl halides is 3. The minimum atomic E-state index is -4.94. The third-order valence-electron chi connectivity index (χ3n) is 2.88. The summed E-state index contributed by atoms with van der Waals surface area (Å²) >= 11 is 0. The van der Waals surface area contributed by atoms with E-state index in [4.69, 9.17) is 11.3 Å². The van der Waals surface area contributed by atoms with Crippen LogP contribution >= 0.6 is 0 Å². The molecule has 4 nitrogen and oxygen atoms in total. The fourth-order valence-electron chi connectivity index (χ4n) is 1.55. The zero-order valence-corrected chi connectivity index (χ0v) is 13.4. The summed E-state index contributed by atoms with van der Waals surface area (Å²) in [5.74, 6) is 0.363. The molecule has 0 aliphatic heterocycles. The van der Waals surface area contributed by atoms with Gasteiger partial charge in [0.15, 0.2) is 0 Å². The second kappa shape index (κ2) is 6.26. The molecule has 0 aliphatic rings. The summed E-state index contributed by atoms with van der Waals surface area (Å²) in [6.45, 7) is 11.6. The van der Waals surface area contributed by atoms with Crippen LogP contribution in [0.5, 0.6) is 5.75 Å². The molecule has 0 amide bonds. The highest BCUT2D eigenvalue weighted by Gasteiger charge is 2.65. The van der Waals surface area contributed by atoms with Gasteiger partial charge in [0.2, 0.25) is 0 Å². The molecule has 0 saturated heterocycles. The third-order valence-corrected chi connectivity index (χ3v) is 4.48. The molecule has 22 heavy (non-hydrogen) atoms. The molecule has 1 aromatic rings. The molecule has 0 aliphatic carbocycles. The summed E-state index contributed by atoms with van der Waals surface area (Å²) in [5, 5.41) is 0. The lowest BCUT2D eigenvalue weighted by Crippen LogP contribution is -2.54. The minimum Gasteiger partial charge on any atom is -0.497 e. The molecule has 0 bridgehead atoms. The molecule has 122 valence electrons. The Labute approximate surface area is 130 Å². The summed E-state index contributed by atoms with van der Waals surface area (Å²) in [6.07, 6.45) is -4.94. The lowest BCUT2D eigenvalue weighted by atomic mass is 10.0. The number of hydrogen-bond donors (Lipinski definition) is 1. The van der Waals surface area contributed by atoms with Crippen LogP contribution in [0.3, 0.4) is 0 Å². The second-order valence-corrected chi connectivity index (χ2v) is 7.50. The first-order valence-electron chi connectivity index (χ1n) is 6.27. The predicted octanol–water partition coefficient (Wildman–Crippen LogP) is 3.38. The number of methoxy groups -OCH3 is 1. The molecule has 0 aromatic heterocycles. The molecule has 8 heteroatoms. The van der Waals surface area contributed by atoms with Gasteiger partial charge in [0, 0.05) is 0 Å². The van der Waals surface area contributed by atoms with Gasteiger partial charge in [-0.25, -0.2) is 10.8 Å². The van der Waals surface area contributed by atoms with Crippen molar-refractivity contribution in [1.82, 2.24) is 4.72 Å². The maximum Gasteiger partial charge on any atom is 0.491 e. The van der Waals surface area contributed by atoms with Crippen LogP contribution < -0.4 is 9.46 Å². The molecule has 1 N–H and O–H groups in total. The van der Waals surface area contributed by atoms with Gasteiger partial charge in [-0.15, -0.1) is 4.72 Å². The molecule has 0 fully saturated rings. The smallest absolute Gasteiger partial charge is 0.491 e. The Bertz CT molecular complexity index is 588. The van der Waals surface area contributed by atoms with Crippen LogP contribution in [0.25, 0.3) is 4.85 Å². The van der Waals surface area contributed by atoms with Crippen molar-refractivity contribution in [2.75, 3.05) is 7.11 Å². The Hall–Kier alpha value is -1.59. The molecule has 2 atom stereocenters. The van der Waals surface area contributed by atoms with Gasteiger partial charge in [-0.3, -0.25) is 4.85 Å². The van der Waals surface area contributed by atoms with Crippen LogP contribution in [0.15, 0.2) is 24.3 Å². The zero-order chi connectivity index (χ0) is 17.2. The van der Waals surface area contributed by atoms with E-state index >= 15 is 0 Å². The maximum atomic E-state index is 13.6. The van der Waals surface area contributed by atoms with Crippen molar-refractivity contribution in [1.29, 1.82) is 0 Å². The van der Waals surface area contributed by atoms with E-state index < -0.39 is 27.6 Å². The van der Waals surface area contributed by atoms with Crippen molar-refractivity contribution < 1.29 is 22.1 Å². The van der Waals surface area contributed by atoms with Gasteiger partial charge in [0.1, 0.15) is 16.7 Å². The van der Waals surface area contributed by atoms with Gasteiger partial charge in [-0.2, -0.15) is 13.2 Å². The van der Waals surface area contributed by atoms with Crippen LogP contribution in [-0.2, 0) is 16.6 Å². The number of hydrogen-bond acceptors (Lipinski definition) is 2. The lowest BCUT2D eigenvalue weighted by Gasteiger charge is -2.28. The van der Waals surface area contributed by atoms with Gasteiger partial charge in [-0.05, 0) is 45.0 Å². The monoisotopic (exact) mass is 334 g/mol. The van der Waals surface area contributed by atoms with Crippen LogP contribution in [0.4, 0.5) is 13.2 Å². The van der Waals surface area contributed by atoms with Crippen molar-refractivity contribution in [3.05, 3.63) is 41.2 Å². The second-order valence-electron chi connectivity index (χ2n) is 5.53. The van der Waals surface area contributed by atoms with E-state index in [-0.39, 0.29) is 5.56 Å². The summed E-state index contributed by atoms with van der Waals surface area (Å²) in [6, 6.07) is 4.92. The van der Waals surface area contributed by atoms with Crippen LogP contribution in [-0.4, -0.2) is 22.2 Å². The quantitative estimate of drug-likeness (QED) is 0.858. The predicted molar refractivity (Wildman–Crippen MR) is 78.4 cm³/mol. The van der Waals surface area contributed by atoms with Gasteiger partial charge >= 0.3 is 11.8 Å². The average Bonchev–Trinajstić information content (AvgIpc) is 2.42. The molecule has 0 heterocycles. The topological polar surface area (TPSA) is 42.7 Å². The van der Waals surface area contributed by atoms with Crippen LogP contribution in [0.1, 0.15) is 26.3 Å². The van der Waals surface area contributed by atoms with E-state index in [9.17, 15) is 17.4 Å². The van der Waals surface area contributed by atoms with E-state index in [2.05, 4.69) is 4.85 Å². The molecule has 0 saturated carbocycles. The summed E-state index contributed by atoms with van der Waals surface area (Å²) in [4.78, 5) is 2.75. The summed E-state index contributed by atoms with van der Waals surface area (Å²) in [7, 11) is -0.693. The number of benzene rings is 1. The van der Waals surface area contributed by atoms with Gasteiger partial charge in [-0.1, -0.05) is 0 Å². The molecule has 1 aromatic carbocycles. The van der Waals surface area contributed by atoms with Crippen molar-refractivity contribution >= 4 is 11.0 Å². The first-order chi connectivity index (χ1) is 9.98. The lowest BCUT2D eigenvalue weighted by molar-refractivity contribution is -0.180. The fourth-order valence-corrected chi connectivity index (χ4v) is 2.40. The van der Waals surface area contributed by atoms with E-state index in [1.54, 1.807) is 0 Å². The Kier molecular flexibility index (Phi) is 5.25. The standard InChI is InChI=1S/C14H17F3N2O2S/c1-12(2,3)22(20)19-13(18-4,14(15,16)17)10-6-8-11(21-5)9-7-10/h6-9,19H,1-3,5H3/t13-,22-/m1/s1. The molecule has 0 radical (unpaired) electrons. The highest BCUT2D eigenvalue weighted by Crippen LogP contribution is 2.41. The van der Waals surface area contributed by atoms with Crippen molar-refractivity contribution in [2.45, 2.75) is 37.4 Å². The Morgan fingerprint density at radius 2 is 1.68 bits per heavy atom. The SMILES string of the molecule is [C-]#[N+][C@@](N[S@](=O)C(C)(C)C)(c1ccc(OC)cc1)C(F)(F)F.